The van der Waals surface area contributed by atoms with Gasteiger partial charge in [-0.05, 0) is 79.9 Å². The van der Waals surface area contributed by atoms with E-state index in [9.17, 15) is 35.9 Å². The lowest BCUT2D eigenvalue weighted by Gasteiger charge is -2.07. The normalized spacial score (nSPS) is 11.5. The molecule has 58 heavy (non-hydrogen) atoms. The molecule has 7 nitrogen and oxygen atoms in total. The lowest BCUT2D eigenvalue weighted by Crippen LogP contribution is -2.03. The zero-order valence-corrected chi connectivity index (χ0v) is 33.7. The molecule has 0 spiro atoms. The minimum atomic E-state index is -4.36. The maximum Gasteiger partial charge on any atom is 0.416 e. The molecule has 0 unspecified atom stereocenters. The van der Waals surface area contributed by atoms with Crippen LogP contribution in [0.2, 0.25) is 0 Å². The molecule has 0 aliphatic rings. The second-order valence-electron chi connectivity index (χ2n) is 12.7. The van der Waals surface area contributed by atoms with E-state index in [2.05, 4.69) is 14.7 Å². The van der Waals surface area contributed by atoms with Crippen molar-refractivity contribution in [1.82, 2.24) is 9.97 Å². The van der Waals surface area contributed by atoms with Crippen molar-refractivity contribution < 1.29 is 50.5 Å². The van der Waals surface area contributed by atoms with Crippen LogP contribution in [0.4, 0.5) is 26.3 Å². The molecule has 4 aromatic carbocycles. The van der Waals surface area contributed by atoms with Gasteiger partial charge in [0.15, 0.2) is 0 Å². The third kappa shape index (κ3) is 12.7. The molecule has 0 saturated heterocycles. The summed E-state index contributed by atoms with van der Waals surface area (Å²) in [5.74, 6) is 0.250. The Kier molecular flexibility index (Phi) is 14.8. The lowest BCUT2D eigenvalue weighted by atomic mass is 10.1. The van der Waals surface area contributed by atoms with E-state index in [1.54, 1.807) is 23.9 Å². The van der Waals surface area contributed by atoms with E-state index in [0.29, 0.717) is 52.1 Å². The van der Waals surface area contributed by atoms with Crippen molar-refractivity contribution in [2.75, 3.05) is 7.11 Å². The van der Waals surface area contributed by atoms with Gasteiger partial charge in [0.1, 0.15) is 22.4 Å². The van der Waals surface area contributed by atoms with Crippen molar-refractivity contribution in [3.8, 4) is 26.9 Å². The van der Waals surface area contributed by atoms with Crippen LogP contribution in [-0.2, 0) is 51.9 Å². The summed E-state index contributed by atoms with van der Waals surface area (Å²) >= 11 is 4.46. The zero-order valence-electron chi connectivity index (χ0n) is 31.2. The van der Waals surface area contributed by atoms with Crippen molar-refractivity contribution in [3.05, 3.63) is 140 Å². The highest BCUT2D eigenvalue weighted by atomic mass is 32.2. The molecule has 304 valence electrons. The van der Waals surface area contributed by atoms with Crippen LogP contribution in [0.1, 0.15) is 49.8 Å². The summed E-state index contributed by atoms with van der Waals surface area (Å²) < 4.78 is 86.7. The smallest absolute Gasteiger partial charge is 0.416 e. The van der Waals surface area contributed by atoms with E-state index in [0.717, 1.165) is 61.4 Å². The van der Waals surface area contributed by atoms with Gasteiger partial charge in [0.25, 0.3) is 0 Å². The first-order valence-electron chi connectivity index (χ1n) is 17.5. The van der Waals surface area contributed by atoms with Crippen LogP contribution in [0.3, 0.4) is 0 Å². The van der Waals surface area contributed by atoms with E-state index < -0.39 is 29.4 Å². The molecule has 0 amide bonds. The molecule has 0 radical (unpaired) electrons. The van der Waals surface area contributed by atoms with Crippen molar-refractivity contribution in [1.29, 1.82) is 0 Å². The molecule has 0 bridgehead atoms. The van der Waals surface area contributed by atoms with Gasteiger partial charge in [0.05, 0.1) is 40.9 Å². The van der Waals surface area contributed by atoms with Crippen LogP contribution >= 0.6 is 34.4 Å². The largest absolute Gasteiger partial charge is 0.488 e. The highest BCUT2D eigenvalue weighted by Gasteiger charge is 2.31. The number of thioether (sulfide) groups is 1. The first-order valence-corrected chi connectivity index (χ1v) is 20.1. The Morgan fingerprint density at radius 3 is 1.66 bits per heavy atom. The van der Waals surface area contributed by atoms with Crippen LogP contribution in [0.5, 0.6) is 5.75 Å². The highest BCUT2D eigenvalue weighted by Crippen LogP contribution is 2.36. The Bertz CT molecular complexity index is 2290. The number of halogens is 6. The first kappa shape index (κ1) is 43.9. The molecule has 6 rings (SSSR count). The number of carbonyl (C=O) groups excluding carboxylic acids is 1. The number of nitrogens with zero attached hydrogens (tertiary/aromatic N) is 2. The number of methoxy groups -OCH3 is 1. The van der Waals surface area contributed by atoms with Crippen molar-refractivity contribution >= 4 is 46.4 Å². The first-order chi connectivity index (χ1) is 27.5. The number of esters is 1. The van der Waals surface area contributed by atoms with Crippen LogP contribution in [0.25, 0.3) is 21.1 Å². The van der Waals surface area contributed by atoms with Crippen LogP contribution in [-0.4, -0.2) is 34.1 Å². The van der Waals surface area contributed by atoms with E-state index >= 15 is 0 Å². The highest BCUT2D eigenvalue weighted by molar-refractivity contribution is 7.98. The Hall–Kier alpha value is -5.19. The monoisotopic (exact) mass is 858 g/mol. The van der Waals surface area contributed by atoms with Gasteiger partial charge in [-0.25, -0.2) is 9.97 Å². The van der Waals surface area contributed by atoms with Gasteiger partial charge in [0.2, 0.25) is 0 Å². The molecule has 2 aromatic heterocycles. The zero-order chi connectivity index (χ0) is 42.0. The number of carboxylic acid groups (broad SMARTS) is 1. The standard InChI is InChI=1S/C22H20F3NO3S.C20H16F3NO2S2/c1-14-19(13-29-18-10-3-15(4-11-18)5-12-20(27)28-2)30-21(26-14)16-6-8-17(9-7-16)22(23,24)25;1-12-17(11-27-16-8-2-13(3-9-16)10-18(25)26)28-19(24-12)14-4-6-15(7-5-14)20(21,22)23/h3-4,6-11H,5,12-13H2,1-2H3;2-9H,10-11H2,1H3,(H,25,26). The molecule has 0 atom stereocenters. The molecular formula is C42H36F6N2O5S3. The maximum absolute atomic E-state index is 12.7. The van der Waals surface area contributed by atoms with Gasteiger partial charge in [-0.3, -0.25) is 9.59 Å². The van der Waals surface area contributed by atoms with E-state index in [-0.39, 0.29) is 12.4 Å². The van der Waals surface area contributed by atoms with Crippen LogP contribution in [0, 0.1) is 13.8 Å². The van der Waals surface area contributed by atoms with Gasteiger partial charge in [-0.15, -0.1) is 34.4 Å². The van der Waals surface area contributed by atoms with Crippen molar-refractivity contribution in [2.24, 2.45) is 0 Å². The number of aromatic nitrogens is 2. The Balaban J connectivity index is 0.000000221. The molecular weight excluding hydrogens is 823 g/mol. The fourth-order valence-electron chi connectivity index (χ4n) is 5.25. The third-order valence-corrected chi connectivity index (χ3v) is 12.1. The SMILES string of the molecule is COC(=O)CCc1ccc(OCc2sc(-c3ccc(C(F)(F)F)cc3)nc2C)cc1.Cc1nc(-c2ccc(C(F)(F)F)cc2)sc1CSc1ccc(CC(=O)O)cc1. The van der Waals surface area contributed by atoms with E-state index in [1.165, 1.54) is 54.0 Å². The summed E-state index contributed by atoms with van der Waals surface area (Å²) in [6.45, 7) is 4.04. The van der Waals surface area contributed by atoms with Gasteiger partial charge >= 0.3 is 24.3 Å². The van der Waals surface area contributed by atoms with E-state index in [1.807, 2.05) is 50.2 Å². The number of aryl methyl sites for hydroxylation is 3. The lowest BCUT2D eigenvalue weighted by molar-refractivity contribution is -0.141. The summed E-state index contributed by atoms with van der Waals surface area (Å²) in [5.41, 5.74) is 3.33. The number of carbonyl (C=O) groups is 2. The number of aliphatic carboxylic acids is 1. The summed E-state index contributed by atoms with van der Waals surface area (Å²) in [6.07, 6.45) is -7.79. The van der Waals surface area contributed by atoms with Crippen molar-refractivity contribution in [3.63, 3.8) is 0 Å². The Morgan fingerprint density at radius 2 is 1.17 bits per heavy atom. The average molecular weight is 859 g/mol. The fraction of sp³-hybridized carbons (Fsp3) is 0.238. The number of carboxylic acids is 1. The fourth-order valence-corrected chi connectivity index (χ4v) is 8.34. The minimum Gasteiger partial charge on any atom is -0.488 e. The molecule has 0 aliphatic heterocycles. The minimum absolute atomic E-state index is 0.00458. The summed E-state index contributed by atoms with van der Waals surface area (Å²) in [7, 11) is 1.36. The summed E-state index contributed by atoms with van der Waals surface area (Å²) in [4.78, 5) is 33.8. The molecule has 6 aromatic rings. The van der Waals surface area contributed by atoms with Gasteiger partial charge in [-0.1, -0.05) is 48.5 Å². The second kappa shape index (κ2) is 19.5. The van der Waals surface area contributed by atoms with Crippen LogP contribution in [0.15, 0.2) is 102 Å². The Labute approximate surface area is 342 Å². The number of alkyl halides is 6. The predicted octanol–water partition coefficient (Wildman–Crippen LogP) is 11.9. The molecule has 16 heteroatoms. The second-order valence-corrected chi connectivity index (χ2v) is 15.9. The van der Waals surface area contributed by atoms with Gasteiger partial charge < -0.3 is 14.6 Å². The molecule has 1 N–H and O–H groups in total. The van der Waals surface area contributed by atoms with Gasteiger partial charge in [0, 0.05) is 33.1 Å². The number of benzene rings is 4. The van der Waals surface area contributed by atoms with Gasteiger partial charge in [-0.2, -0.15) is 26.3 Å². The number of ether oxygens (including phenoxy) is 2. The average Bonchev–Trinajstić information content (AvgIpc) is 3.76. The third-order valence-electron chi connectivity index (χ3n) is 8.49. The maximum atomic E-state index is 12.7. The number of hydrogen-bond donors (Lipinski definition) is 1. The quantitative estimate of drug-likeness (QED) is 0.0696. The number of thiazole rings is 2. The number of rotatable bonds is 13. The summed E-state index contributed by atoms with van der Waals surface area (Å²) in [5, 5.41) is 10.1. The number of hydrogen-bond acceptors (Lipinski definition) is 9. The van der Waals surface area contributed by atoms with Crippen LogP contribution < -0.4 is 4.74 Å². The topological polar surface area (TPSA) is 98.6 Å². The molecule has 0 aliphatic carbocycles. The molecule has 2 heterocycles. The molecule has 0 fully saturated rings. The van der Waals surface area contributed by atoms with Crippen molar-refractivity contribution in [2.45, 2.75) is 62.7 Å². The van der Waals surface area contributed by atoms with E-state index in [4.69, 9.17) is 9.84 Å². The Morgan fingerprint density at radius 1 is 0.690 bits per heavy atom. The summed E-state index contributed by atoms with van der Waals surface area (Å²) in [6, 6.07) is 24.8. The molecule has 0 saturated carbocycles. The predicted molar refractivity (Wildman–Crippen MR) is 213 cm³/mol.